The van der Waals surface area contributed by atoms with E-state index < -0.39 is 5.60 Å². The van der Waals surface area contributed by atoms with Gasteiger partial charge in [0, 0.05) is 33.3 Å². The van der Waals surface area contributed by atoms with Crippen molar-refractivity contribution in [3.8, 4) is 0 Å². The molecule has 0 radical (unpaired) electrons. The summed E-state index contributed by atoms with van der Waals surface area (Å²) in [6, 6.07) is 0. The highest BCUT2D eigenvalue weighted by atomic mass is 16.6. The van der Waals surface area contributed by atoms with Crippen LogP contribution in [0.3, 0.4) is 0 Å². The molecule has 0 spiro atoms. The monoisotopic (exact) mass is 356 g/mol. The van der Waals surface area contributed by atoms with E-state index in [1.165, 1.54) is 25.7 Å². The van der Waals surface area contributed by atoms with E-state index >= 15 is 0 Å². The number of rotatable bonds is 9. The van der Waals surface area contributed by atoms with Crippen molar-refractivity contribution < 1.29 is 14.3 Å². The van der Waals surface area contributed by atoms with E-state index in [9.17, 15) is 4.79 Å². The minimum atomic E-state index is -0.463. The van der Waals surface area contributed by atoms with Gasteiger partial charge >= 0.3 is 6.09 Å². The van der Waals surface area contributed by atoms with Crippen LogP contribution in [0.15, 0.2) is 4.99 Å². The number of alkyl carbamates (subject to hydrolysis) is 1. The third-order valence-corrected chi connectivity index (χ3v) is 3.81. The van der Waals surface area contributed by atoms with Crippen LogP contribution in [0.1, 0.15) is 59.3 Å². The Morgan fingerprint density at radius 2 is 1.64 bits per heavy atom. The Morgan fingerprint density at radius 3 is 2.24 bits per heavy atom. The molecule has 25 heavy (non-hydrogen) atoms. The molecule has 7 nitrogen and oxygen atoms in total. The van der Waals surface area contributed by atoms with Gasteiger partial charge in [-0.05, 0) is 46.5 Å². The van der Waals surface area contributed by atoms with Gasteiger partial charge in [0.15, 0.2) is 5.96 Å². The summed E-state index contributed by atoms with van der Waals surface area (Å²) in [6.07, 6.45) is 6.92. The summed E-state index contributed by atoms with van der Waals surface area (Å²) in [6.45, 7) is 8.48. The quantitative estimate of drug-likeness (QED) is 0.336. The van der Waals surface area contributed by atoms with Gasteiger partial charge in [0.1, 0.15) is 5.60 Å². The molecule has 0 saturated heterocycles. The van der Waals surface area contributed by atoms with Gasteiger partial charge in [-0.15, -0.1) is 0 Å². The summed E-state index contributed by atoms with van der Waals surface area (Å²) in [5, 5.41) is 9.24. The number of nitrogens with zero attached hydrogens (tertiary/aromatic N) is 1. The summed E-state index contributed by atoms with van der Waals surface area (Å²) in [5.41, 5.74) is -0.463. The molecule has 1 aliphatic rings. The Kier molecular flexibility index (Phi) is 10.3. The van der Waals surface area contributed by atoms with Crippen molar-refractivity contribution in [3.63, 3.8) is 0 Å². The van der Waals surface area contributed by atoms with Crippen LogP contribution in [-0.4, -0.2) is 57.0 Å². The van der Waals surface area contributed by atoms with Crippen LogP contribution >= 0.6 is 0 Å². The topological polar surface area (TPSA) is 84.0 Å². The number of guanidine groups is 1. The zero-order valence-electron chi connectivity index (χ0n) is 16.3. The average Bonchev–Trinajstić information content (AvgIpc) is 3.04. The van der Waals surface area contributed by atoms with Crippen LogP contribution in [0, 0.1) is 0 Å². The molecule has 7 heteroatoms. The summed E-state index contributed by atoms with van der Waals surface area (Å²) in [5.74, 6) is 0.776. The highest BCUT2D eigenvalue weighted by molar-refractivity contribution is 5.79. The van der Waals surface area contributed by atoms with Crippen LogP contribution in [0.5, 0.6) is 0 Å². The number of hydrogen-bond donors (Lipinski definition) is 3. The van der Waals surface area contributed by atoms with E-state index in [0.29, 0.717) is 12.6 Å². The molecule has 1 fully saturated rings. The standard InChI is InChI=1S/C18H36N4O3/c1-18(2,3)25-17(23)22-12-7-11-20-16(19-4)21-13-8-14-24-15-9-5-6-10-15/h15H,5-14H2,1-4H3,(H,22,23)(H2,19,20,21). The van der Waals surface area contributed by atoms with E-state index in [0.717, 1.165) is 38.5 Å². The maximum absolute atomic E-state index is 11.5. The minimum Gasteiger partial charge on any atom is -0.444 e. The van der Waals surface area contributed by atoms with Crippen LogP contribution in [0.4, 0.5) is 4.79 Å². The molecule has 1 saturated carbocycles. The second-order valence-electron chi connectivity index (χ2n) is 7.34. The second-order valence-corrected chi connectivity index (χ2v) is 7.34. The fraction of sp³-hybridized carbons (Fsp3) is 0.889. The van der Waals surface area contributed by atoms with Gasteiger partial charge in [0.2, 0.25) is 0 Å². The van der Waals surface area contributed by atoms with Crippen LogP contribution in [0.2, 0.25) is 0 Å². The molecule has 1 aliphatic carbocycles. The predicted molar refractivity (Wildman–Crippen MR) is 101 cm³/mol. The first-order valence-electron chi connectivity index (χ1n) is 9.43. The molecule has 1 amide bonds. The second kappa shape index (κ2) is 12.0. The summed E-state index contributed by atoms with van der Waals surface area (Å²) in [7, 11) is 1.75. The fourth-order valence-electron chi connectivity index (χ4n) is 2.60. The first kappa shape index (κ1) is 21.5. The lowest BCUT2D eigenvalue weighted by molar-refractivity contribution is 0.0527. The Bertz CT molecular complexity index is 402. The van der Waals surface area contributed by atoms with Crippen molar-refractivity contribution in [3.05, 3.63) is 0 Å². The molecule has 1 rings (SSSR count). The lowest BCUT2D eigenvalue weighted by atomic mass is 10.2. The number of hydrogen-bond acceptors (Lipinski definition) is 4. The smallest absolute Gasteiger partial charge is 0.407 e. The fourth-order valence-corrected chi connectivity index (χ4v) is 2.60. The maximum atomic E-state index is 11.5. The molecule has 146 valence electrons. The molecule has 0 atom stereocenters. The highest BCUT2D eigenvalue weighted by Gasteiger charge is 2.15. The SMILES string of the molecule is CN=C(NCCCNC(=O)OC(C)(C)C)NCCCOC1CCCC1. The molecule has 0 unspecified atom stereocenters. The zero-order chi connectivity index (χ0) is 18.5. The molecule has 0 bridgehead atoms. The Morgan fingerprint density at radius 1 is 1.04 bits per heavy atom. The lowest BCUT2D eigenvalue weighted by Gasteiger charge is -2.19. The van der Waals surface area contributed by atoms with Crippen molar-refractivity contribution in [1.82, 2.24) is 16.0 Å². The molecule has 0 aromatic rings. The largest absolute Gasteiger partial charge is 0.444 e. The van der Waals surface area contributed by atoms with Crippen LogP contribution < -0.4 is 16.0 Å². The molecule has 0 heterocycles. The number of nitrogens with one attached hydrogen (secondary N) is 3. The van der Waals surface area contributed by atoms with Crippen molar-refractivity contribution in [2.24, 2.45) is 4.99 Å². The Hall–Kier alpha value is -1.50. The number of amides is 1. The molecule has 0 aromatic carbocycles. The normalized spacial score (nSPS) is 15.9. The van der Waals surface area contributed by atoms with Crippen molar-refractivity contribution in [2.45, 2.75) is 71.0 Å². The molecule has 0 aliphatic heterocycles. The van der Waals surface area contributed by atoms with E-state index in [4.69, 9.17) is 9.47 Å². The summed E-state index contributed by atoms with van der Waals surface area (Å²) < 4.78 is 11.0. The first-order valence-corrected chi connectivity index (χ1v) is 9.43. The maximum Gasteiger partial charge on any atom is 0.407 e. The van der Waals surface area contributed by atoms with Gasteiger partial charge in [0.05, 0.1) is 6.10 Å². The third kappa shape index (κ3) is 11.6. The molecule has 3 N–H and O–H groups in total. The van der Waals surface area contributed by atoms with E-state index in [-0.39, 0.29) is 6.09 Å². The van der Waals surface area contributed by atoms with Crippen molar-refractivity contribution >= 4 is 12.1 Å². The summed E-state index contributed by atoms with van der Waals surface area (Å²) in [4.78, 5) is 15.7. The molecule has 0 aromatic heterocycles. The van der Waals surface area contributed by atoms with Crippen LogP contribution in [0.25, 0.3) is 0 Å². The highest BCUT2D eigenvalue weighted by Crippen LogP contribution is 2.20. The number of carbonyl (C=O) groups is 1. The van der Waals surface area contributed by atoms with Gasteiger partial charge in [0.25, 0.3) is 0 Å². The van der Waals surface area contributed by atoms with Gasteiger partial charge in [-0.25, -0.2) is 4.79 Å². The minimum absolute atomic E-state index is 0.378. The average molecular weight is 357 g/mol. The van der Waals surface area contributed by atoms with E-state index in [1.54, 1.807) is 7.05 Å². The summed E-state index contributed by atoms with van der Waals surface area (Å²) >= 11 is 0. The first-order chi connectivity index (χ1) is 11.9. The number of carbonyl (C=O) groups excluding carboxylic acids is 1. The van der Waals surface area contributed by atoms with Gasteiger partial charge in [-0.1, -0.05) is 12.8 Å². The molecular weight excluding hydrogens is 320 g/mol. The van der Waals surface area contributed by atoms with Gasteiger partial charge in [-0.2, -0.15) is 0 Å². The Balaban J connectivity index is 1.97. The lowest BCUT2D eigenvalue weighted by Crippen LogP contribution is -2.39. The number of ether oxygens (including phenoxy) is 2. The van der Waals surface area contributed by atoms with Crippen LogP contribution in [-0.2, 0) is 9.47 Å². The predicted octanol–water partition coefficient (Wildman–Crippen LogP) is 2.42. The van der Waals surface area contributed by atoms with E-state index in [1.807, 2.05) is 20.8 Å². The third-order valence-electron chi connectivity index (χ3n) is 3.81. The Labute approximate surface area is 152 Å². The van der Waals surface area contributed by atoms with Gasteiger partial charge < -0.3 is 25.4 Å². The van der Waals surface area contributed by atoms with Crippen molar-refractivity contribution in [2.75, 3.05) is 33.3 Å². The zero-order valence-corrected chi connectivity index (χ0v) is 16.3. The van der Waals surface area contributed by atoms with Crippen molar-refractivity contribution in [1.29, 1.82) is 0 Å². The number of aliphatic imine (C=N–C) groups is 1. The van der Waals surface area contributed by atoms with E-state index in [2.05, 4.69) is 20.9 Å². The molecular formula is C18H36N4O3. The van der Waals surface area contributed by atoms with Gasteiger partial charge in [-0.3, -0.25) is 4.99 Å².